The van der Waals surface area contributed by atoms with Gasteiger partial charge in [-0.2, -0.15) is 5.26 Å². The summed E-state index contributed by atoms with van der Waals surface area (Å²) in [7, 11) is 0. The van der Waals surface area contributed by atoms with Gasteiger partial charge >= 0.3 is 11.7 Å². The van der Waals surface area contributed by atoms with E-state index in [1.807, 2.05) is 30.5 Å². The van der Waals surface area contributed by atoms with Crippen LogP contribution < -0.4 is 11.4 Å². The number of nitriles is 1. The Kier molecular flexibility index (Phi) is 6.43. The van der Waals surface area contributed by atoms with Crippen molar-refractivity contribution in [3.63, 3.8) is 0 Å². The molecule has 2 aromatic carbocycles. The van der Waals surface area contributed by atoms with E-state index in [0.717, 1.165) is 35.9 Å². The maximum absolute atomic E-state index is 13.1. The van der Waals surface area contributed by atoms with Gasteiger partial charge in [0, 0.05) is 29.2 Å². The van der Waals surface area contributed by atoms with Crippen LogP contribution in [0.4, 0.5) is 0 Å². The average Bonchev–Trinajstić information content (AvgIpc) is 3.36. The molecule has 33 heavy (non-hydrogen) atoms. The van der Waals surface area contributed by atoms with Gasteiger partial charge in [-0.3, -0.25) is 9.55 Å². The number of hydrogen-bond donors (Lipinski definition) is 2. The number of fused-ring (bicyclic) bond motifs is 1. The minimum atomic E-state index is -0.533. The van der Waals surface area contributed by atoms with Crippen molar-refractivity contribution in [2.24, 2.45) is 5.73 Å². The van der Waals surface area contributed by atoms with E-state index in [9.17, 15) is 14.9 Å². The number of carbonyl (C=O) groups is 1. The topological polar surface area (TPSA) is 119 Å². The van der Waals surface area contributed by atoms with E-state index in [1.54, 1.807) is 31.2 Å². The predicted molar refractivity (Wildman–Crippen MR) is 126 cm³/mol. The molecule has 0 spiro atoms. The standard InChI is InChI=1S/C25H25N5O3/c1-2-33-24(31)18-10-4-6-12-22(18)30-23(20(15-27)28-25(30)32)19-16-29(14-8-7-13-26)21-11-5-3-9-17(19)21/h3-6,9-12,16H,2,7-8,13-14,26H2,1H3,(H,28,32). The first kappa shape index (κ1) is 22.1. The molecule has 0 aliphatic carbocycles. The quantitative estimate of drug-likeness (QED) is 0.319. The number of ether oxygens (including phenoxy) is 1. The Labute approximate surface area is 190 Å². The lowest BCUT2D eigenvalue weighted by atomic mass is 10.1. The number of nitrogens with one attached hydrogen (secondary N) is 1. The third-order valence-electron chi connectivity index (χ3n) is 5.54. The van der Waals surface area contributed by atoms with Gasteiger partial charge in [-0.05, 0) is 44.5 Å². The zero-order valence-electron chi connectivity index (χ0n) is 18.4. The van der Waals surface area contributed by atoms with Gasteiger partial charge < -0.3 is 15.0 Å². The van der Waals surface area contributed by atoms with Gasteiger partial charge in [0.2, 0.25) is 0 Å². The first-order valence-electron chi connectivity index (χ1n) is 10.9. The Balaban J connectivity index is 1.98. The average molecular weight is 444 g/mol. The van der Waals surface area contributed by atoms with Crippen molar-refractivity contribution in [3.8, 4) is 23.0 Å². The molecule has 0 saturated carbocycles. The molecule has 0 fully saturated rings. The molecule has 8 nitrogen and oxygen atoms in total. The second kappa shape index (κ2) is 9.59. The number of para-hydroxylation sites is 2. The summed E-state index contributed by atoms with van der Waals surface area (Å²) in [5.41, 5.74) is 8.02. The van der Waals surface area contributed by atoms with Gasteiger partial charge in [0.25, 0.3) is 0 Å². The second-order valence-electron chi connectivity index (χ2n) is 7.59. The minimum Gasteiger partial charge on any atom is -0.462 e. The number of aryl methyl sites for hydroxylation is 1. The molecular weight excluding hydrogens is 418 g/mol. The third kappa shape index (κ3) is 4.06. The molecule has 0 bridgehead atoms. The van der Waals surface area contributed by atoms with Crippen molar-refractivity contribution in [1.82, 2.24) is 14.1 Å². The highest BCUT2D eigenvalue weighted by atomic mass is 16.5. The van der Waals surface area contributed by atoms with Crippen LogP contribution in [-0.4, -0.2) is 33.2 Å². The van der Waals surface area contributed by atoms with Crippen LogP contribution in [0.2, 0.25) is 0 Å². The molecule has 4 aromatic rings. The molecule has 8 heteroatoms. The Morgan fingerprint density at radius 1 is 1.15 bits per heavy atom. The lowest BCUT2D eigenvalue weighted by molar-refractivity contribution is 0.0526. The number of imidazole rings is 1. The lowest BCUT2D eigenvalue weighted by Gasteiger charge is -2.12. The maximum atomic E-state index is 13.1. The summed E-state index contributed by atoms with van der Waals surface area (Å²) >= 11 is 0. The Morgan fingerprint density at radius 3 is 2.67 bits per heavy atom. The van der Waals surface area contributed by atoms with E-state index in [4.69, 9.17) is 10.5 Å². The lowest BCUT2D eigenvalue weighted by Crippen LogP contribution is -2.19. The number of rotatable bonds is 8. The number of nitrogens with two attached hydrogens (primary N) is 1. The van der Waals surface area contributed by atoms with Crippen molar-refractivity contribution in [3.05, 3.63) is 76.5 Å². The Morgan fingerprint density at radius 2 is 1.91 bits per heavy atom. The zero-order chi connectivity index (χ0) is 23.4. The molecule has 2 aromatic heterocycles. The molecule has 0 atom stereocenters. The van der Waals surface area contributed by atoms with Crippen LogP contribution in [0.25, 0.3) is 27.8 Å². The Hall–Kier alpha value is -4.09. The highest BCUT2D eigenvalue weighted by Gasteiger charge is 2.24. The summed E-state index contributed by atoms with van der Waals surface area (Å²) in [5.74, 6) is -0.533. The van der Waals surface area contributed by atoms with Crippen molar-refractivity contribution in [2.75, 3.05) is 13.2 Å². The van der Waals surface area contributed by atoms with Crippen LogP contribution >= 0.6 is 0 Å². The summed E-state index contributed by atoms with van der Waals surface area (Å²) in [5, 5.41) is 10.7. The van der Waals surface area contributed by atoms with Crippen LogP contribution in [0, 0.1) is 11.3 Å². The highest BCUT2D eigenvalue weighted by molar-refractivity contribution is 5.98. The molecule has 2 heterocycles. The summed E-state index contributed by atoms with van der Waals surface area (Å²) in [6, 6.07) is 16.7. The number of aromatic amines is 1. The van der Waals surface area contributed by atoms with Crippen LogP contribution in [-0.2, 0) is 11.3 Å². The molecular formula is C25H25N5O3. The van der Waals surface area contributed by atoms with Crippen LogP contribution in [0.1, 0.15) is 35.8 Å². The molecule has 168 valence electrons. The van der Waals surface area contributed by atoms with Crippen LogP contribution in [0.5, 0.6) is 0 Å². The number of aromatic nitrogens is 3. The number of hydrogen-bond acceptors (Lipinski definition) is 5. The Bertz CT molecular complexity index is 1400. The first-order chi connectivity index (χ1) is 16.1. The van der Waals surface area contributed by atoms with E-state index >= 15 is 0 Å². The molecule has 3 N–H and O–H groups in total. The van der Waals surface area contributed by atoms with Gasteiger partial charge in [-0.15, -0.1) is 0 Å². The summed E-state index contributed by atoms with van der Waals surface area (Å²) in [6.07, 6.45) is 3.76. The summed E-state index contributed by atoms with van der Waals surface area (Å²) in [6.45, 7) is 3.31. The largest absolute Gasteiger partial charge is 0.462 e. The van der Waals surface area contributed by atoms with Crippen LogP contribution in [0.3, 0.4) is 0 Å². The maximum Gasteiger partial charge on any atom is 0.340 e. The number of H-pyrrole nitrogens is 1. The highest BCUT2D eigenvalue weighted by Crippen LogP contribution is 2.34. The number of carbonyl (C=O) groups excluding carboxylic acids is 1. The molecule has 4 rings (SSSR count). The van der Waals surface area contributed by atoms with Crippen molar-refractivity contribution >= 4 is 16.9 Å². The molecule has 0 aliphatic rings. The predicted octanol–water partition coefficient (Wildman–Crippen LogP) is 3.57. The van der Waals surface area contributed by atoms with E-state index in [0.29, 0.717) is 17.9 Å². The van der Waals surface area contributed by atoms with E-state index in [2.05, 4.69) is 15.6 Å². The molecule has 0 amide bonds. The number of esters is 1. The minimum absolute atomic E-state index is 0.128. The van der Waals surface area contributed by atoms with Crippen molar-refractivity contribution in [2.45, 2.75) is 26.3 Å². The van der Waals surface area contributed by atoms with Gasteiger partial charge in [-0.25, -0.2) is 9.59 Å². The van der Waals surface area contributed by atoms with Gasteiger partial charge in [0.1, 0.15) is 11.8 Å². The number of unbranched alkanes of at least 4 members (excludes halogenated alkanes) is 1. The second-order valence-corrected chi connectivity index (χ2v) is 7.59. The van der Waals surface area contributed by atoms with Gasteiger partial charge in [0.05, 0.1) is 23.6 Å². The van der Waals surface area contributed by atoms with E-state index in [-0.39, 0.29) is 17.9 Å². The van der Waals surface area contributed by atoms with Crippen molar-refractivity contribution < 1.29 is 9.53 Å². The fourth-order valence-electron chi connectivity index (χ4n) is 4.10. The van der Waals surface area contributed by atoms with Gasteiger partial charge in [-0.1, -0.05) is 30.3 Å². The zero-order valence-corrected chi connectivity index (χ0v) is 18.4. The molecule has 0 saturated heterocycles. The molecule has 0 aliphatic heterocycles. The van der Waals surface area contributed by atoms with Crippen molar-refractivity contribution in [1.29, 1.82) is 5.26 Å². The third-order valence-corrected chi connectivity index (χ3v) is 5.54. The van der Waals surface area contributed by atoms with Crippen LogP contribution in [0.15, 0.2) is 59.5 Å². The SMILES string of the molecule is CCOC(=O)c1ccccc1-n1c(-c2cn(CCCCN)c3ccccc23)c(C#N)[nH]c1=O. The fraction of sp³-hybridized carbons (Fsp3) is 0.240. The summed E-state index contributed by atoms with van der Waals surface area (Å²) in [4.78, 5) is 28.3. The molecule has 0 unspecified atom stereocenters. The fourth-order valence-corrected chi connectivity index (χ4v) is 4.10. The van der Waals surface area contributed by atoms with E-state index < -0.39 is 11.7 Å². The normalized spacial score (nSPS) is 10.9. The van der Waals surface area contributed by atoms with E-state index in [1.165, 1.54) is 4.57 Å². The monoisotopic (exact) mass is 443 g/mol. The molecule has 0 radical (unpaired) electrons. The van der Waals surface area contributed by atoms with Gasteiger partial charge in [0.15, 0.2) is 0 Å². The summed E-state index contributed by atoms with van der Waals surface area (Å²) < 4.78 is 8.69. The number of nitrogens with zero attached hydrogens (tertiary/aromatic N) is 3. The smallest absolute Gasteiger partial charge is 0.340 e. The number of benzene rings is 2. The first-order valence-corrected chi connectivity index (χ1v) is 10.9.